The molecule has 0 aliphatic carbocycles. The number of hydrogen-bond acceptors (Lipinski definition) is 3. The summed E-state index contributed by atoms with van der Waals surface area (Å²) in [5, 5.41) is 14.5. The van der Waals surface area contributed by atoms with Gasteiger partial charge in [-0.3, -0.25) is 9.48 Å². The summed E-state index contributed by atoms with van der Waals surface area (Å²) in [5.41, 5.74) is 0.521. The molecule has 0 radical (unpaired) electrons. The van der Waals surface area contributed by atoms with Gasteiger partial charge in [-0.25, -0.2) is 4.79 Å². The van der Waals surface area contributed by atoms with Crippen LogP contribution in [0.15, 0.2) is 24.5 Å². The number of anilines is 1. The van der Waals surface area contributed by atoms with E-state index in [1.54, 1.807) is 13.2 Å². The Kier molecular flexibility index (Phi) is 3.01. The zero-order chi connectivity index (χ0) is 10.6. The van der Waals surface area contributed by atoms with Crippen molar-refractivity contribution in [3.8, 4) is 0 Å². The van der Waals surface area contributed by atoms with Gasteiger partial charge in [0.05, 0.1) is 11.9 Å². The molecule has 0 aromatic carbocycles. The van der Waals surface area contributed by atoms with E-state index in [0.717, 1.165) is 12.2 Å². The van der Waals surface area contributed by atoms with Crippen LogP contribution in [-0.4, -0.2) is 26.8 Å². The molecule has 6 heteroatoms. The molecule has 2 N–H and O–H groups in total. The summed E-state index contributed by atoms with van der Waals surface area (Å²) in [6, 6.07) is 0. The van der Waals surface area contributed by atoms with Gasteiger partial charge in [0.2, 0.25) is 5.91 Å². The molecule has 1 amide bonds. The fourth-order valence-electron chi connectivity index (χ4n) is 0.817. The van der Waals surface area contributed by atoms with E-state index in [-0.39, 0.29) is 0 Å². The lowest BCUT2D eigenvalue weighted by atomic mass is 10.4. The first-order chi connectivity index (χ1) is 6.58. The number of carbonyl (C=O) groups excluding carboxylic acids is 1. The van der Waals surface area contributed by atoms with E-state index in [0.29, 0.717) is 5.69 Å². The van der Waals surface area contributed by atoms with E-state index >= 15 is 0 Å². The zero-order valence-electron chi connectivity index (χ0n) is 7.47. The smallest absolute Gasteiger partial charge is 0.328 e. The molecule has 14 heavy (non-hydrogen) atoms. The van der Waals surface area contributed by atoms with Crippen LogP contribution >= 0.6 is 0 Å². The molecule has 0 bridgehead atoms. The van der Waals surface area contributed by atoms with Crippen LogP contribution in [0.5, 0.6) is 0 Å². The van der Waals surface area contributed by atoms with Crippen LogP contribution in [0.25, 0.3) is 0 Å². The van der Waals surface area contributed by atoms with Crippen molar-refractivity contribution < 1.29 is 14.7 Å². The molecule has 1 rings (SSSR count). The maximum absolute atomic E-state index is 11.0. The van der Waals surface area contributed by atoms with E-state index in [1.807, 2.05) is 0 Å². The topological polar surface area (TPSA) is 84.2 Å². The van der Waals surface area contributed by atoms with Crippen LogP contribution in [0.3, 0.4) is 0 Å². The molecular formula is C8H9N3O3. The molecule has 0 spiro atoms. The minimum absolute atomic E-state index is 0.500. The lowest BCUT2D eigenvalue weighted by Gasteiger charge is -1.94. The molecule has 1 aromatic heterocycles. The monoisotopic (exact) mass is 195 g/mol. The van der Waals surface area contributed by atoms with Gasteiger partial charge in [-0.2, -0.15) is 5.10 Å². The van der Waals surface area contributed by atoms with Gasteiger partial charge in [-0.1, -0.05) is 0 Å². The van der Waals surface area contributed by atoms with E-state index < -0.39 is 11.9 Å². The van der Waals surface area contributed by atoms with Crippen molar-refractivity contribution in [2.75, 3.05) is 5.32 Å². The normalized spacial score (nSPS) is 10.4. The number of carbonyl (C=O) groups is 2. The van der Waals surface area contributed by atoms with E-state index in [9.17, 15) is 9.59 Å². The van der Waals surface area contributed by atoms with Crippen LogP contribution in [0.1, 0.15) is 0 Å². The third kappa shape index (κ3) is 3.10. The first-order valence-corrected chi connectivity index (χ1v) is 3.78. The van der Waals surface area contributed by atoms with Crippen molar-refractivity contribution in [1.82, 2.24) is 9.78 Å². The number of carboxylic acids is 1. The Hall–Kier alpha value is -2.11. The second kappa shape index (κ2) is 4.22. The highest BCUT2D eigenvalue weighted by molar-refractivity contribution is 6.02. The summed E-state index contributed by atoms with van der Waals surface area (Å²) in [6.45, 7) is 0. The molecule has 0 fully saturated rings. The molecule has 0 aliphatic rings. The number of aromatic nitrogens is 2. The predicted molar refractivity (Wildman–Crippen MR) is 48.6 cm³/mol. The number of aliphatic carboxylic acids is 1. The molecule has 0 unspecified atom stereocenters. The lowest BCUT2D eigenvalue weighted by molar-refractivity contribution is -0.131. The van der Waals surface area contributed by atoms with Crippen molar-refractivity contribution in [1.29, 1.82) is 0 Å². The quantitative estimate of drug-likeness (QED) is 0.665. The minimum atomic E-state index is -1.16. The van der Waals surface area contributed by atoms with Gasteiger partial charge in [-0.05, 0) is 0 Å². The molecule has 0 aliphatic heterocycles. The highest BCUT2D eigenvalue weighted by atomic mass is 16.4. The number of nitrogens with zero attached hydrogens (tertiary/aromatic N) is 2. The molecule has 1 aromatic rings. The van der Waals surface area contributed by atoms with Crippen LogP contribution in [0.2, 0.25) is 0 Å². The Balaban J connectivity index is 2.53. The molecule has 6 nitrogen and oxygen atoms in total. The fraction of sp³-hybridized carbons (Fsp3) is 0.125. The SMILES string of the molecule is Cn1cc(NC(=O)/C=C/C(=O)O)cn1. The third-order valence-corrected chi connectivity index (χ3v) is 1.35. The van der Waals surface area contributed by atoms with Gasteiger partial charge in [0, 0.05) is 25.4 Å². The van der Waals surface area contributed by atoms with Crippen molar-refractivity contribution in [2.24, 2.45) is 7.05 Å². The molecule has 1 heterocycles. The van der Waals surface area contributed by atoms with Crippen LogP contribution in [0.4, 0.5) is 5.69 Å². The van der Waals surface area contributed by atoms with Gasteiger partial charge < -0.3 is 10.4 Å². The molecule has 0 saturated heterocycles. The predicted octanol–water partition coefficient (Wildman–Crippen LogP) is -0.000600. The number of rotatable bonds is 3. The summed E-state index contributed by atoms with van der Waals surface area (Å²) in [5.74, 6) is -1.66. The maximum atomic E-state index is 11.0. The van der Waals surface area contributed by atoms with E-state index in [4.69, 9.17) is 5.11 Å². The highest BCUT2D eigenvalue weighted by Gasteiger charge is 1.99. The summed E-state index contributed by atoms with van der Waals surface area (Å²) in [6.07, 6.45) is 4.78. The Morgan fingerprint density at radius 2 is 2.29 bits per heavy atom. The largest absolute Gasteiger partial charge is 0.478 e. The second-order valence-corrected chi connectivity index (χ2v) is 2.56. The number of hydrogen-bond donors (Lipinski definition) is 2. The molecule has 0 saturated carbocycles. The minimum Gasteiger partial charge on any atom is -0.478 e. The molecular weight excluding hydrogens is 186 g/mol. The van der Waals surface area contributed by atoms with Gasteiger partial charge in [0.15, 0.2) is 0 Å². The zero-order valence-corrected chi connectivity index (χ0v) is 7.47. The number of aryl methyl sites for hydroxylation is 1. The van der Waals surface area contributed by atoms with Crippen molar-refractivity contribution in [3.63, 3.8) is 0 Å². The molecule has 74 valence electrons. The van der Waals surface area contributed by atoms with Gasteiger partial charge >= 0.3 is 5.97 Å². The van der Waals surface area contributed by atoms with E-state index in [2.05, 4.69) is 10.4 Å². The Bertz CT molecular complexity index is 381. The summed E-state index contributed by atoms with van der Waals surface area (Å²) < 4.78 is 1.52. The average molecular weight is 195 g/mol. The van der Waals surface area contributed by atoms with E-state index in [1.165, 1.54) is 10.9 Å². The number of carboxylic acid groups (broad SMARTS) is 1. The summed E-state index contributed by atoms with van der Waals surface area (Å²) in [7, 11) is 1.71. The number of nitrogens with one attached hydrogen (secondary N) is 1. The van der Waals surface area contributed by atoms with Gasteiger partial charge in [-0.15, -0.1) is 0 Å². The number of amides is 1. The van der Waals surface area contributed by atoms with Crippen molar-refractivity contribution >= 4 is 17.6 Å². The Morgan fingerprint density at radius 3 is 2.79 bits per heavy atom. The average Bonchev–Trinajstić information content (AvgIpc) is 2.48. The van der Waals surface area contributed by atoms with Crippen LogP contribution in [0, 0.1) is 0 Å². The maximum Gasteiger partial charge on any atom is 0.328 e. The highest BCUT2D eigenvalue weighted by Crippen LogP contribution is 2.02. The first kappa shape index (κ1) is 9.97. The first-order valence-electron chi connectivity index (χ1n) is 3.78. The summed E-state index contributed by atoms with van der Waals surface area (Å²) >= 11 is 0. The Labute approximate surface area is 79.8 Å². The van der Waals surface area contributed by atoms with Gasteiger partial charge in [0.25, 0.3) is 0 Å². The lowest BCUT2D eigenvalue weighted by Crippen LogP contribution is -2.07. The van der Waals surface area contributed by atoms with Crippen LogP contribution < -0.4 is 5.32 Å². The summed E-state index contributed by atoms with van der Waals surface area (Å²) in [4.78, 5) is 21.1. The second-order valence-electron chi connectivity index (χ2n) is 2.56. The third-order valence-electron chi connectivity index (χ3n) is 1.35. The fourth-order valence-corrected chi connectivity index (χ4v) is 0.817. The van der Waals surface area contributed by atoms with Crippen LogP contribution in [-0.2, 0) is 16.6 Å². The molecule has 0 atom stereocenters. The van der Waals surface area contributed by atoms with Crippen molar-refractivity contribution in [3.05, 3.63) is 24.5 Å². The van der Waals surface area contributed by atoms with Crippen molar-refractivity contribution in [2.45, 2.75) is 0 Å². The standard InChI is InChI=1S/C8H9N3O3/c1-11-5-6(4-9-11)10-7(12)2-3-8(13)14/h2-5H,1H3,(H,10,12)(H,13,14)/b3-2+. The van der Waals surface area contributed by atoms with Gasteiger partial charge in [0.1, 0.15) is 0 Å². The Morgan fingerprint density at radius 1 is 1.57 bits per heavy atom.